The van der Waals surface area contributed by atoms with Crippen LogP contribution in [0.4, 0.5) is 0 Å². The topological polar surface area (TPSA) is 43.1 Å². The van der Waals surface area contributed by atoms with Gasteiger partial charge < -0.3 is 0 Å². The van der Waals surface area contributed by atoms with Crippen molar-refractivity contribution in [2.45, 2.75) is 25.7 Å². The van der Waals surface area contributed by atoms with Crippen LogP contribution in [0.25, 0.3) is 16.5 Å². The fourth-order valence-corrected chi connectivity index (χ4v) is 3.16. The minimum Gasteiger partial charge on any atom is -0.219 e. The predicted octanol–water partition coefficient (Wildman–Crippen LogP) is 2.73. The summed E-state index contributed by atoms with van der Waals surface area (Å²) in [7, 11) is 0. The molecule has 5 heteroatoms. The number of fused-ring (bicyclic) bond motifs is 3. The molecule has 3 aromatic rings. The second-order valence-electron chi connectivity index (χ2n) is 4.56. The van der Waals surface area contributed by atoms with Gasteiger partial charge in [0.15, 0.2) is 5.82 Å². The molecule has 0 radical (unpaired) electrons. The summed E-state index contributed by atoms with van der Waals surface area (Å²) < 4.78 is 1.93. The van der Waals surface area contributed by atoms with Crippen LogP contribution >= 0.6 is 11.3 Å². The second kappa shape index (κ2) is 3.88. The Morgan fingerprint density at radius 2 is 2.17 bits per heavy atom. The minimum absolute atomic E-state index is 0.721. The van der Waals surface area contributed by atoms with Crippen molar-refractivity contribution in [3.8, 4) is 10.7 Å². The highest BCUT2D eigenvalue weighted by Crippen LogP contribution is 2.24. The molecule has 3 aromatic heterocycles. The summed E-state index contributed by atoms with van der Waals surface area (Å²) in [6, 6.07) is 4.07. The highest BCUT2D eigenvalue weighted by atomic mass is 32.1. The zero-order valence-electron chi connectivity index (χ0n) is 9.83. The van der Waals surface area contributed by atoms with Crippen LogP contribution in [0.2, 0.25) is 0 Å². The van der Waals surface area contributed by atoms with E-state index in [-0.39, 0.29) is 0 Å². The maximum Gasteiger partial charge on any atom is 0.252 e. The molecule has 1 aliphatic rings. The van der Waals surface area contributed by atoms with Gasteiger partial charge in [-0.2, -0.15) is 4.98 Å². The van der Waals surface area contributed by atoms with E-state index in [1.54, 1.807) is 11.3 Å². The van der Waals surface area contributed by atoms with E-state index in [1.807, 2.05) is 28.2 Å². The summed E-state index contributed by atoms with van der Waals surface area (Å²) in [5.74, 6) is 1.51. The lowest BCUT2D eigenvalue weighted by atomic mass is 9.98. The number of hydrogen-bond donors (Lipinski definition) is 0. The molecule has 0 saturated heterocycles. The van der Waals surface area contributed by atoms with Crippen LogP contribution in [0.1, 0.15) is 24.1 Å². The molecule has 0 amide bonds. The molecule has 3 heterocycles. The Morgan fingerprint density at radius 3 is 3.06 bits per heavy atom. The summed E-state index contributed by atoms with van der Waals surface area (Å²) in [4.78, 5) is 10.0. The van der Waals surface area contributed by atoms with Crippen molar-refractivity contribution in [1.29, 1.82) is 0 Å². The van der Waals surface area contributed by atoms with Crippen LogP contribution in [-0.2, 0) is 12.8 Å². The third kappa shape index (κ3) is 1.47. The first-order valence-corrected chi connectivity index (χ1v) is 7.07. The Bertz CT molecular complexity index is 699. The van der Waals surface area contributed by atoms with E-state index in [2.05, 4.69) is 15.1 Å². The molecule has 0 bridgehead atoms. The van der Waals surface area contributed by atoms with Crippen LogP contribution in [0, 0.1) is 0 Å². The van der Waals surface area contributed by atoms with Crippen molar-refractivity contribution in [3.63, 3.8) is 0 Å². The van der Waals surface area contributed by atoms with Gasteiger partial charge in [-0.25, -0.2) is 9.50 Å². The average molecular weight is 256 g/mol. The lowest BCUT2D eigenvalue weighted by Gasteiger charge is -2.14. The molecule has 0 atom stereocenters. The van der Waals surface area contributed by atoms with Crippen molar-refractivity contribution in [2.24, 2.45) is 0 Å². The molecule has 0 N–H and O–H groups in total. The van der Waals surface area contributed by atoms with Gasteiger partial charge >= 0.3 is 0 Å². The van der Waals surface area contributed by atoms with Gasteiger partial charge in [-0.15, -0.1) is 16.4 Å². The first kappa shape index (κ1) is 10.2. The number of thiophene rings is 1. The van der Waals surface area contributed by atoms with E-state index in [9.17, 15) is 0 Å². The van der Waals surface area contributed by atoms with Crippen LogP contribution < -0.4 is 0 Å². The Kier molecular flexibility index (Phi) is 2.20. The minimum atomic E-state index is 0.721. The van der Waals surface area contributed by atoms with Gasteiger partial charge in [0, 0.05) is 6.20 Å². The monoisotopic (exact) mass is 256 g/mol. The SMILES string of the molecule is c1csc(-c2nc3ncc4c(n3n2)CCCC4)c1. The number of hydrogen-bond acceptors (Lipinski definition) is 4. The Labute approximate surface area is 108 Å². The zero-order chi connectivity index (χ0) is 11.9. The number of rotatable bonds is 1. The van der Waals surface area contributed by atoms with Crippen molar-refractivity contribution in [1.82, 2.24) is 19.6 Å². The number of nitrogens with zero attached hydrogens (tertiary/aromatic N) is 4. The number of aryl methyl sites for hydroxylation is 2. The third-order valence-electron chi connectivity index (χ3n) is 3.40. The maximum atomic E-state index is 4.62. The summed E-state index contributed by atoms with van der Waals surface area (Å²) in [5, 5.41) is 6.67. The first-order chi connectivity index (χ1) is 8.92. The fourth-order valence-electron chi connectivity index (χ4n) is 2.51. The molecular formula is C13H12N4S. The Hall–Kier alpha value is -1.75. The van der Waals surface area contributed by atoms with E-state index in [0.29, 0.717) is 0 Å². The maximum absolute atomic E-state index is 4.62. The van der Waals surface area contributed by atoms with Gasteiger partial charge in [0.05, 0.1) is 10.6 Å². The van der Waals surface area contributed by atoms with Crippen molar-refractivity contribution in [2.75, 3.05) is 0 Å². The van der Waals surface area contributed by atoms with Gasteiger partial charge in [0.25, 0.3) is 5.78 Å². The van der Waals surface area contributed by atoms with Crippen molar-refractivity contribution < 1.29 is 0 Å². The van der Waals surface area contributed by atoms with Crippen molar-refractivity contribution >= 4 is 17.1 Å². The van der Waals surface area contributed by atoms with Crippen molar-refractivity contribution in [3.05, 3.63) is 35.0 Å². The summed E-state index contributed by atoms with van der Waals surface area (Å²) >= 11 is 1.66. The van der Waals surface area contributed by atoms with E-state index in [0.717, 1.165) is 29.3 Å². The van der Waals surface area contributed by atoms with Crippen LogP contribution in [0.15, 0.2) is 23.7 Å². The second-order valence-corrected chi connectivity index (χ2v) is 5.51. The molecule has 0 saturated carbocycles. The van der Waals surface area contributed by atoms with Gasteiger partial charge in [-0.1, -0.05) is 6.07 Å². The quantitative estimate of drug-likeness (QED) is 0.672. The van der Waals surface area contributed by atoms with E-state index < -0.39 is 0 Å². The molecule has 0 fully saturated rings. The highest BCUT2D eigenvalue weighted by Gasteiger charge is 2.16. The molecule has 4 rings (SSSR count). The normalized spacial score (nSPS) is 14.9. The molecule has 0 aliphatic heterocycles. The average Bonchev–Trinajstić information content (AvgIpc) is 3.07. The predicted molar refractivity (Wildman–Crippen MR) is 70.7 cm³/mol. The molecule has 0 unspecified atom stereocenters. The van der Waals surface area contributed by atoms with Gasteiger partial charge in [0.2, 0.25) is 0 Å². The van der Waals surface area contributed by atoms with Crippen LogP contribution in [-0.4, -0.2) is 19.6 Å². The first-order valence-electron chi connectivity index (χ1n) is 6.19. The smallest absolute Gasteiger partial charge is 0.219 e. The third-order valence-corrected chi connectivity index (χ3v) is 4.27. The highest BCUT2D eigenvalue weighted by molar-refractivity contribution is 7.13. The number of aromatic nitrogens is 4. The lowest BCUT2D eigenvalue weighted by Crippen LogP contribution is -2.10. The van der Waals surface area contributed by atoms with E-state index in [1.165, 1.54) is 24.1 Å². The van der Waals surface area contributed by atoms with Crippen LogP contribution in [0.5, 0.6) is 0 Å². The molecule has 0 spiro atoms. The summed E-state index contributed by atoms with van der Waals surface area (Å²) in [5.41, 5.74) is 2.62. The molecule has 90 valence electrons. The Morgan fingerprint density at radius 1 is 1.22 bits per heavy atom. The van der Waals surface area contributed by atoms with Gasteiger partial charge in [0.1, 0.15) is 0 Å². The van der Waals surface area contributed by atoms with Crippen LogP contribution in [0.3, 0.4) is 0 Å². The molecule has 0 aromatic carbocycles. The zero-order valence-corrected chi connectivity index (χ0v) is 10.7. The van der Waals surface area contributed by atoms with E-state index >= 15 is 0 Å². The molecular weight excluding hydrogens is 244 g/mol. The summed E-state index contributed by atoms with van der Waals surface area (Å²) in [6.07, 6.45) is 6.66. The van der Waals surface area contributed by atoms with E-state index in [4.69, 9.17) is 0 Å². The molecule has 1 aliphatic carbocycles. The summed E-state index contributed by atoms with van der Waals surface area (Å²) in [6.45, 7) is 0. The Balaban J connectivity index is 1.95. The fraction of sp³-hybridized carbons (Fsp3) is 0.308. The van der Waals surface area contributed by atoms with Gasteiger partial charge in [-0.3, -0.25) is 0 Å². The molecule has 18 heavy (non-hydrogen) atoms. The van der Waals surface area contributed by atoms with Gasteiger partial charge in [-0.05, 0) is 42.7 Å². The lowest BCUT2D eigenvalue weighted by molar-refractivity contribution is 0.640. The largest absolute Gasteiger partial charge is 0.252 e. The standard InChI is InChI=1S/C13H12N4S/c1-2-5-10-9(4-1)8-14-13-15-12(16-17(10)13)11-6-3-7-18-11/h3,6-8H,1-2,4-5H2. The molecule has 4 nitrogen and oxygen atoms in total.